The minimum absolute atomic E-state index is 0.0877. The molecule has 9 heteroatoms. The van der Waals surface area contributed by atoms with Crippen LogP contribution in [0.5, 0.6) is 0 Å². The molecule has 0 saturated heterocycles. The van der Waals surface area contributed by atoms with Crippen molar-refractivity contribution in [2.75, 3.05) is 15.5 Å². The van der Waals surface area contributed by atoms with Gasteiger partial charge in [0.15, 0.2) is 0 Å². The molecule has 4 rings (SSSR count). The number of esters is 1. The van der Waals surface area contributed by atoms with Gasteiger partial charge < -0.3 is 15.4 Å². The molecular weight excluding hydrogens is 530 g/mol. The Kier molecular flexibility index (Phi) is 9.01. The first kappa shape index (κ1) is 28.6. The van der Waals surface area contributed by atoms with Gasteiger partial charge in [-0.1, -0.05) is 37.1 Å². The number of benzene rings is 3. The first-order valence-electron chi connectivity index (χ1n) is 13.0. The highest BCUT2D eigenvalue weighted by atomic mass is 35.5. The van der Waals surface area contributed by atoms with Crippen molar-refractivity contribution in [2.24, 2.45) is 0 Å². The molecule has 40 heavy (non-hydrogen) atoms. The Morgan fingerprint density at radius 1 is 0.850 bits per heavy atom. The highest BCUT2D eigenvalue weighted by Crippen LogP contribution is 2.30. The summed E-state index contributed by atoms with van der Waals surface area (Å²) in [6, 6.07) is 20.1. The van der Waals surface area contributed by atoms with Crippen LogP contribution in [0.25, 0.3) is 0 Å². The van der Waals surface area contributed by atoms with Crippen LogP contribution in [0, 0.1) is 0 Å². The summed E-state index contributed by atoms with van der Waals surface area (Å²) in [5.41, 5.74) is 3.29. The van der Waals surface area contributed by atoms with Gasteiger partial charge in [-0.3, -0.25) is 14.4 Å². The van der Waals surface area contributed by atoms with E-state index in [2.05, 4.69) is 17.6 Å². The van der Waals surface area contributed by atoms with Crippen molar-refractivity contribution >= 4 is 52.4 Å². The molecule has 0 fully saturated rings. The molecule has 0 aromatic heterocycles. The fourth-order valence-electron chi connectivity index (χ4n) is 4.06. The van der Waals surface area contributed by atoms with Crippen molar-refractivity contribution in [1.29, 1.82) is 0 Å². The number of nitrogens with one attached hydrogen (secondary N) is 2. The quantitative estimate of drug-likeness (QED) is 0.224. The fraction of sp³-hybridized carbons (Fsp3) is 0.226. The molecular formula is C31H30ClN3O5. The van der Waals surface area contributed by atoms with Gasteiger partial charge in [0.25, 0.3) is 17.7 Å². The first-order chi connectivity index (χ1) is 19.2. The van der Waals surface area contributed by atoms with E-state index in [4.69, 9.17) is 16.3 Å². The van der Waals surface area contributed by atoms with Gasteiger partial charge in [0.2, 0.25) is 0 Å². The Labute approximate surface area is 238 Å². The molecule has 3 aromatic rings. The van der Waals surface area contributed by atoms with Gasteiger partial charge in [-0.2, -0.15) is 0 Å². The van der Waals surface area contributed by atoms with E-state index in [1.165, 1.54) is 29.8 Å². The number of hydrogen-bond donors (Lipinski definition) is 2. The molecule has 0 atom stereocenters. The van der Waals surface area contributed by atoms with Crippen LogP contribution < -0.4 is 15.5 Å². The zero-order chi connectivity index (χ0) is 28.8. The maximum Gasteiger partial charge on any atom is 0.338 e. The number of aryl methyl sites for hydroxylation is 1. The van der Waals surface area contributed by atoms with E-state index in [1.807, 2.05) is 24.3 Å². The van der Waals surface area contributed by atoms with Crippen LogP contribution in [0.2, 0.25) is 0 Å². The van der Waals surface area contributed by atoms with E-state index in [0.717, 1.165) is 24.2 Å². The van der Waals surface area contributed by atoms with Gasteiger partial charge in [-0.25, -0.2) is 9.69 Å². The summed E-state index contributed by atoms with van der Waals surface area (Å²) in [6.45, 7) is 5.63. The summed E-state index contributed by atoms with van der Waals surface area (Å²) >= 11 is 6.23. The molecule has 3 amide bonds. The van der Waals surface area contributed by atoms with Crippen molar-refractivity contribution < 1.29 is 23.9 Å². The predicted octanol–water partition coefficient (Wildman–Crippen LogP) is 6.28. The van der Waals surface area contributed by atoms with E-state index in [-0.39, 0.29) is 28.4 Å². The van der Waals surface area contributed by atoms with Gasteiger partial charge in [0.1, 0.15) is 10.7 Å². The van der Waals surface area contributed by atoms with Crippen LogP contribution in [0.3, 0.4) is 0 Å². The molecule has 0 unspecified atom stereocenters. The largest absolute Gasteiger partial charge is 0.459 e. The molecule has 0 spiro atoms. The average molecular weight is 560 g/mol. The Balaban J connectivity index is 1.40. The van der Waals surface area contributed by atoms with Crippen molar-refractivity contribution in [1.82, 2.24) is 0 Å². The molecule has 0 radical (unpaired) electrons. The van der Waals surface area contributed by atoms with Crippen LogP contribution in [0.15, 0.2) is 83.5 Å². The smallest absolute Gasteiger partial charge is 0.338 e. The van der Waals surface area contributed by atoms with Gasteiger partial charge in [-0.15, -0.1) is 0 Å². The van der Waals surface area contributed by atoms with Crippen LogP contribution in [0.4, 0.5) is 17.1 Å². The molecule has 3 aromatic carbocycles. The van der Waals surface area contributed by atoms with E-state index >= 15 is 0 Å². The first-order valence-corrected chi connectivity index (χ1v) is 13.4. The van der Waals surface area contributed by atoms with Crippen LogP contribution in [-0.4, -0.2) is 29.8 Å². The van der Waals surface area contributed by atoms with Gasteiger partial charge in [0, 0.05) is 16.9 Å². The number of unbranched alkanes of at least 4 members (excludes halogenated alkanes) is 1. The minimum Gasteiger partial charge on any atom is -0.459 e. The lowest BCUT2D eigenvalue weighted by Gasteiger charge is -2.16. The number of carbonyl (C=O) groups excluding carboxylic acids is 4. The number of anilines is 3. The van der Waals surface area contributed by atoms with Gasteiger partial charge in [-0.05, 0) is 92.9 Å². The van der Waals surface area contributed by atoms with E-state index in [1.54, 1.807) is 38.1 Å². The van der Waals surface area contributed by atoms with Crippen LogP contribution in [0.1, 0.15) is 59.9 Å². The molecule has 0 saturated carbocycles. The number of amides is 3. The number of carbonyl (C=O) groups is 4. The topological polar surface area (TPSA) is 105 Å². The molecule has 0 bridgehead atoms. The SMILES string of the molecule is CCCCc1ccc(NC(=O)c2ccc(NC3=C(Cl)C(=O)N(c4ccc(C(=O)OC(C)C)cc4)C3=O)cc2)cc1. The number of rotatable bonds is 10. The fourth-order valence-corrected chi connectivity index (χ4v) is 4.28. The number of halogens is 1. The Bertz CT molecular complexity index is 1450. The van der Waals surface area contributed by atoms with E-state index < -0.39 is 17.8 Å². The predicted molar refractivity (Wildman–Crippen MR) is 155 cm³/mol. The second kappa shape index (κ2) is 12.6. The normalized spacial score (nSPS) is 13.2. The third-order valence-electron chi connectivity index (χ3n) is 6.18. The maximum atomic E-state index is 13.1. The third-order valence-corrected chi connectivity index (χ3v) is 6.53. The monoisotopic (exact) mass is 559 g/mol. The standard InChI is InChI=1S/C31H30ClN3O5/c1-4-5-6-20-7-13-24(14-8-20)34-28(36)21-9-15-23(16-10-21)33-27-26(32)29(37)35(30(27)38)25-17-11-22(12-18-25)31(39)40-19(2)3/h7-19,33H,4-6H2,1-3H3,(H,34,36). The highest BCUT2D eigenvalue weighted by Gasteiger charge is 2.39. The number of nitrogens with zero attached hydrogens (tertiary/aromatic N) is 1. The van der Waals surface area contributed by atoms with Gasteiger partial charge >= 0.3 is 5.97 Å². The second-order valence-electron chi connectivity index (χ2n) is 9.59. The minimum atomic E-state index is -0.691. The summed E-state index contributed by atoms with van der Waals surface area (Å²) in [6.07, 6.45) is 2.98. The van der Waals surface area contributed by atoms with Crippen molar-refractivity contribution in [3.8, 4) is 0 Å². The average Bonchev–Trinajstić information content (AvgIpc) is 3.15. The Morgan fingerprint density at radius 2 is 1.45 bits per heavy atom. The number of hydrogen-bond acceptors (Lipinski definition) is 6. The van der Waals surface area contributed by atoms with Crippen molar-refractivity contribution in [3.63, 3.8) is 0 Å². The number of ether oxygens (including phenoxy) is 1. The summed E-state index contributed by atoms with van der Waals surface area (Å²) in [4.78, 5) is 51.6. The van der Waals surface area contributed by atoms with Crippen molar-refractivity contribution in [2.45, 2.75) is 46.1 Å². The second-order valence-corrected chi connectivity index (χ2v) is 9.97. The molecule has 0 aliphatic carbocycles. The highest BCUT2D eigenvalue weighted by molar-refractivity contribution is 6.53. The molecule has 1 aliphatic heterocycles. The lowest BCUT2D eigenvalue weighted by Crippen LogP contribution is -2.32. The molecule has 206 valence electrons. The van der Waals surface area contributed by atoms with Crippen molar-refractivity contribution in [3.05, 3.63) is 100 Å². The summed E-state index contributed by atoms with van der Waals surface area (Å²) in [5, 5.41) is 5.50. The Hall–Kier alpha value is -4.43. The molecule has 2 N–H and O–H groups in total. The lowest BCUT2D eigenvalue weighted by molar-refractivity contribution is -0.120. The molecule has 1 heterocycles. The summed E-state index contributed by atoms with van der Waals surface area (Å²) in [7, 11) is 0. The molecule has 1 aliphatic rings. The van der Waals surface area contributed by atoms with E-state index in [0.29, 0.717) is 22.5 Å². The van der Waals surface area contributed by atoms with E-state index in [9.17, 15) is 19.2 Å². The summed E-state index contributed by atoms with van der Waals surface area (Å²) < 4.78 is 5.16. The van der Waals surface area contributed by atoms with Crippen LogP contribution >= 0.6 is 11.6 Å². The van der Waals surface area contributed by atoms with Crippen LogP contribution in [-0.2, 0) is 20.7 Å². The zero-order valence-electron chi connectivity index (χ0n) is 22.5. The van der Waals surface area contributed by atoms with Gasteiger partial charge in [0.05, 0.1) is 17.4 Å². The number of imide groups is 1. The zero-order valence-corrected chi connectivity index (χ0v) is 23.2. The molecule has 8 nitrogen and oxygen atoms in total. The maximum absolute atomic E-state index is 13.1. The summed E-state index contributed by atoms with van der Waals surface area (Å²) in [5.74, 6) is -2.11. The Morgan fingerprint density at radius 3 is 2.05 bits per heavy atom. The third kappa shape index (κ3) is 6.58. The lowest BCUT2D eigenvalue weighted by atomic mass is 10.1.